The van der Waals surface area contributed by atoms with Gasteiger partial charge in [0.2, 0.25) is 10.0 Å². The van der Waals surface area contributed by atoms with E-state index in [1.165, 1.54) is 16.4 Å². The summed E-state index contributed by atoms with van der Waals surface area (Å²) in [5.74, 6) is 0.380. The van der Waals surface area contributed by atoms with Gasteiger partial charge in [-0.05, 0) is 68.1 Å². The van der Waals surface area contributed by atoms with E-state index in [0.717, 1.165) is 30.4 Å². The molecule has 0 spiro atoms. The lowest BCUT2D eigenvalue weighted by atomic mass is 10.1. The average molecular weight is 403 g/mol. The van der Waals surface area contributed by atoms with Crippen molar-refractivity contribution in [1.82, 2.24) is 4.31 Å². The van der Waals surface area contributed by atoms with Crippen LogP contribution in [0.2, 0.25) is 0 Å². The van der Waals surface area contributed by atoms with E-state index in [1.54, 1.807) is 12.1 Å². The fourth-order valence-corrected chi connectivity index (χ4v) is 4.70. The van der Waals surface area contributed by atoms with Gasteiger partial charge < -0.3 is 10.1 Å². The van der Waals surface area contributed by atoms with E-state index < -0.39 is 10.0 Å². The van der Waals surface area contributed by atoms with E-state index in [9.17, 15) is 13.2 Å². The van der Waals surface area contributed by atoms with Crippen LogP contribution >= 0.6 is 0 Å². The van der Waals surface area contributed by atoms with Crippen molar-refractivity contribution in [2.24, 2.45) is 0 Å². The van der Waals surface area contributed by atoms with Crippen LogP contribution in [0.4, 0.5) is 5.69 Å². The average Bonchev–Trinajstić information content (AvgIpc) is 2.70. The first-order valence-corrected chi connectivity index (χ1v) is 10.9. The van der Waals surface area contributed by atoms with Crippen LogP contribution in [-0.2, 0) is 14.8 Å². The monoisotopic (exact) mass is 402 g/mol. The Morgan fingerprint density at radius 1 is 1.04 bits per heavy atom. The molecule has 0 aromatic heterocycles. The van der Waals surface area contributed by atoms with E-state index in [2.05, 4.69) is 5.32 Å². The normalized spacial score (nSPS) is 15.2. The van der Waals surface area contributed by atoms with E-state index in [4.69, 9.17) is 4.74 Å². The van der Waals surface area contributed by atoms with Gasteiger partial charge in [0.15, 0.2) is 6.61 Å². The predicted molar refractivity (Wildman–Crippen MR) is 109 cm³/mol. The molecule has 0 atom stereocenters. The number of benzene rings is 2. The second-order valence-electron chi connectivity index (χ2n) is 7.02. The highest BCUT2D eigenvalue weighted by atomic mass is 32.2. The molecule has 0 unspecified atom stereocenters. The number of rotatable bonds is 6. The number of amides is 1. The minimum atomic E-state index is -3.47. The van der Waals surface area contributed by atoms with Crippen LogP contribution in [0.25, 0.3) is 0 Å². The maximum Gasteiger partial charge on any atom is 0.262 e. The standard InChI is InChI=1S/C21H26N2O4S/c1-16-7-6-8-20(17(16)2)27-15-21(24)22-18-9-11-19(12-10-18)28(25,26)23-13-4-3-5-14-23/h6-12H,3-5,13-15H2,1-2H3,(H,22,24). The molecule has 1 fully saturated rings. The largest absolute Gasteiger partial charge is 0.483 e. The topological polar surface area (TPSA) is 75.7 Å². The van der Waals surface area contributed by atoms with E-state index in [0.29, 0.717) is 24.5 Å². The molecular weight excluding hydrogens is 376 g/mol. The zero-order chi connectivity index (χ0) is 20.1. The zero-order valence-electron chi connectivity index (χ0n) is 16.3. The molecule has 28 heavy (non-hydrogen) atoms. The van der Waals surface area contributed by atoms with Crippen LogP contribution < -0.4 is 10.1 Å². The molecule has 1 saturated heterocycles. The molecule has 1 N–H and O–H groups in total. The highest BCUT2D eigenvalue weighted by molar-refractivity contribution is 7.89. The van der Waals surface area contributed by atoms with Crippen molar-refractivity contribution in [2.45, 2.75) is 38.0 Å². The summed E-state index contributed by atoms with van der Waals surface area (Å²) in [7, 11) is -3.47. The Bertz CT molecular complexity index is 933. The number of carbonyl (C=O) groups excluding carboxylic acids is 1. The minimum absolute atomic E-state index is 0.113. The molecule has 7 heteroatoms. The van der Waals surface area contributed by atoms with Gasteiger partial charge in [-0.1, -0.05) is 18.6 Å². The third kappa shape index (κ3) is 4.72. The Balaban J connectivity index is 1.59. The Kier molecular flexibility index (Phi) is 6.36. The van der Waals surface area contributed by atoms with Crippen LogP contribution in [0.15, 0.2) is 47.4 Å². The second kappa shape index (κ2) is 8.75. The molecule has 0 bridgehead atoms. The molecule has 0 aliphatic carbocycles. The molecule has 6 nitrogen and oxygen atoms in total. The Morgan fingerprint density at radius 2 is 1.71 bits per heavy atom. The molecule has 3 rings (SSSR count). The molecule has 0 saturated carbocycles. The van der Waals surface area contributed by atoms with Crippen molar-refractivity contribution < 1.29 is 17.9 Å². The predicted octanol–water partition coefficient (Wildman–Crippen LogP) is 3.50. The summed E-state index contributed by atoms with van der Waals surface area (Å²) in [6, 6.07) is 12.0. The molecular formula is C21H26N2O4S. The highest BCUT2D eigenvalue weighted by Gasteiger charge is 2.25. The Morgan fingerprint density at radius 3 is 2.39 bits per heavy atom. The van der Waals surface area contributed by atoms with Gasteiger partial charge in [0.25, 0.3) is 5.91 Å². The number of anilines is 1. The van der Waals surface area contributed by atoms with Crippen molar-refractivity contribution >= 4 is 21.6 Å². The number of carbonyl (C=O) groups is 1. The lowest BCUT2D eigenvalue weighted by Crippen LogP contribution is -2.35. The fraction of sp³-hybridized carbons (Fsp3) is 0.381. The lowest BCUT2D eigenvalue weighted by molar-refractivity contribution is -0.118. The first-order valence-electron chi connectivity index (χ1n) is 9.47. The summed E-state index contributed by atoms with van der Waals surface area (Å²) < 4.78 is 32.4. The molecule has 1 aliphatic heterocycles. The van der Waals surface area contributed by atoms with Gasteiger partial charge >= 0.3 is 0 Å². The van der Waals surface area contributed by atoms with Crippen LogP contribution in [0, 0.1) is 13.8 Å². The van der Waals surface area contributed by atoms with Gasteiger partial charge in [-0.3, -0.25) is 4.79 Å². The van der Waals surface area contributed by atoms with E-state index in [1.807, 2.05) is 32.0 Å². The summed E-state index contributed by atoms with van der Waals surface area (Å²) in [6.07, 6.45) is 2.86. The van der Waals surface area contributed by atoms with Gasteiger partial charge in [-0.25, -0.2) is 8.42 Å². The Hall–Kier alpha value is -2.38. The summed E-state index contributed by atoms with van der Waals surface area (Å²) in [5, 5.41) is 2.73. The summed E-state index contributed by atoms with van der Waals surface area (Å²) in [4.78, 5) is 12.4. The number of piperidine rings is 1. The van der Waals surface area contributed by atoms with Crippen LogP contribution in [0.1, 0.15) is 30.4 Å². The van der Waals surface area contributed by atoms with Gasteiger partial charge in [0.1, 0.15) is 5.75 Å². The van der Waals surface area contributed by atoms with Gasteiger partial charge in [-0.2, -0.15) is 4.31 Å². The summed E-state index contributed by atoms with van der Waals surface area (Å²) >= 11 is 0. The number of hydrogen-bond donors (Lipinski definition) is 1. The van der Waals surface area contributed by atoms with E-state index in [-0.39, 0.29) is 17.4 Å². The molecule has 1 aliphatic rings. The first-order chi connectivity index (χ1) is 13.4. The third-order valence-corrected chi connectivity index (χ3v) is 6.92. The third-order valence-electron chi connectivity index (χ3n) is 5.00. The fourth-order valence-electron chi connectivity index (χ4n) is 3.19. The first kappa shape index (κ1) is 20.4. The summed E-state index contributed by atoms with van der Waals surface area (Å²) in [6.45, 7) is 4.96. The van der Waals surface area contributed by atoms with Gasteiger partial charge in [0.05, 0.1) is 4.90 Å². The molecule has 150 valence electrons. The molecule has 0 radical (unpaired) electrons. The molecule has 1 amide bonds. The summed E-state index contributed by atoms with van der Waals surface area (Å²) in [5.41, 5.74) is 2.64. The zero-order valence-corrected chi connectivity index (χ0v) is 17.1. The number of aryl methyl sites for hydroxylation is 1. The number of sulfonamides is 1. The van der Waals surface area contributed by atoms with E-state index >= 15 is 0 Å². The smallest absolute Gasteiger partial charge is 0.262 e. The SMILES string of the molecule is Cc1cccc(OCC(=O)Nc2ccc(S(=O)(=O)N3CCCCC3)cc2)c1C. The minimum Gasteiger partial charge on any atom is -0.483 e. The molecule has 2 aromatic rings. The number of nitrogens with zero attached hydrogens (tertiary/aromatic N) is 1. The maximum absolute atomic E-state index is 12.7. The quantitative estimate of drug-likeness (QED) is 0.802. The second-order valence-corrected chi connectivity index (χ2v) is 8.96. The van der Waals surface area contributed by atoms with Crippen LogP contribution in [0.5, 0.6) is 5.75 Å². The molecule has 1 heterocycles. The van der Waals surface area contributed by atoms with Gasteiger partial charge in [0, 0.05) is 18.8 Å². The molecule has 2 aromatic carbocycles. The maximum atomic E-state index is 12.7. The Labute approximate surface area is 166 Å². The number of hydrogen-bond acceptors (Lipinski definition) is 4. The van der Waals surface area contributed by atoms with Crippen molar-refractivity contribution in [3.8, 4) is 5.75 Å². The van der Waals surface area contributed by atoms with Crippen molar-refractivity contribution in [3.63, 3.8) is 0 Å². The lowest BCUT2D eigenvalue weighted by Gasteiger charge is -2.25. The van der Waals surface area contributed by atoms with Crippen molar-refractivity contribution in [2.75, 3.05) is 25.0 Å². The number of nitrogens with one attached hydrogen (secondary N) is 1. The number of ether oxygens (including phenoxy) is 1. The highest BCUT2D eigenvalue weighted by Crippen LogP contribution is 2.23. The van der Waals surface area contributed by atoms with Crippen LogP contribution in [-0.4, -0.2) is 38.3 Å². The van der Waals surface area contributed by atoms with Crippen LogP contribution in [0.3, 0.4) is 0 Å². The van der Waals surface area contributed by atoms with Crippen molar-refractivity contribution in [3.05, 3.63) is 53.6 Å². The van der Waals surface area contributed by atoms with Gasteiger partial charge in [-0.15, -0.1) is 0 Å². The van der Waals surface area contributed by atoms with Crippen molar-refractivity contribution in [1.29, 1.82) is 0 Å².